The molecule has 0 aromatic heterocycles. The van der Waals surface area contributed by atoms with Crippen molar-refractivity contribution < 1.29 is 29.3 Å². The molecule has 0 saturated carbocycles. The zero-order chi connectivity index (χ0) is 19.6. The highest BCUT2D eigenvalue weighted by Gasteiger charge is 2.65. The Morgan fingerprint density at radius 3 is 3.07 bits per heavy atom. The number of esters is 1. The number of hydrogen-bond acceptors (Lipinski definition) is 8. The van der Waals surface area contributed by atoms with Crippen LogP contribution in [0.2, 0.25) is 0 Å². The fraction of sp³-hybridized carbons (Fsp3) is 0.526. The second kappa shape index (κ2) is 5.84. The zero-order valence-electron chi connectivity index (χ0n) is 15.2. The van der Waals surface area contributed by atoms with E-state index in [1.807, 2.05) is 6.07 Å². The van der Waals surface area contributed by atoms with Gasteiger partial charge in [-0.3, -0.25) is 0 Å². The number of likely N-dealkylation sites (tertiary alicyclic amines) is 1. The summed E-state index contributed by atoms with van der Waals surface area (Å²) < 4.78 is 11.7. The Bertz CT molecular complexity index is 901. The van der Waals surface area contributed by atoms with Gasteiger partial charge in [0, 0.05) is 22.9 Å². The van der Waals surface area contributed by atoms with Crippen molar-refractivity contribution in [1.82, 2.24) is 4.90 Å². The van der Waals surface area contributed by atoms with Crippen LogP contribution < -0.4 is 4.74 Å². The lowest BCUT2D eigenvalue weighted by molar-refractivity contribution is -0.754. The number of piperidine rings is 1. The van der Waals surface area contributed by atoms with Gasteiger partial charge in [-0.15, -0.1) is 10.1 Å². The van der Waals surface area contributed by atoms with E-state index in [-0.39, 0.29) is 17.1 Å². The highest BCUT2D eigenvalue weighted by molar-refractivity contribution is 5.71. The molecule has 1 N–H and O–H groups in total. The van der Waals surface area contributed by atoms with Crippen LogP contribution in [0.15, 0.2) is 24.3 Å². The molecule has 4 aliphatic rings. The van der Waals surface area contributed by atoms with Gasteiger partial charge in [0.05, 0.1) is 0 Å². The number of rotatable bonds is 4. The first-order valence-corrected chi connectivity index (χ1v) is 9.29. The number of carbonyl (C=O) groups excluding carboxylic acids is 1. The van der Waals surface area contributed by atoms with Gasteiger partial charge in [-0.25, -0.2) is 4.79 Å². The van der Waals surface area contributed by atoms with Crippen LogP contribution >= 0.6 is 0 Å². The predicted octanol–water partition coefficient (Wildman–Crippen LogP) is 0.957. The lowest BCUT2D eigenvalue weighted by atomic mass is 9.53. The maximum atomic E-state index is 12.0. The second-order valence-corrected chi connectivity index (χ2v) is 7.89. The molecule has 1 unspecified atom stereocenters. The van der Waals surface area contributed by atoms with Gasteiger partial charge in [0.15, 0.2) is 24.2 Å². The van der Waals surface area contributed by atoms with Crippen molar-refractivity contribution in [2.24, 2.45) is 5.92 Å². The van der Waals surface area contributed by atoms with Gasteiger partial charge in [-0.2, -0.15) is 0 Å². The fourth-order valence-corrected chi connectivity index (χ4v) is 5.61. The summed E-state index contributed by atoms with van der Waals surface area (Å²) in [5.74, 6) is -0.0931. The third kappa shape index (κ3) is 2.19. The Balaban J connectivity index is 1.55. The number of phenols is 1. The van der Waals surface area contributed by atoms with Crippen molar-refractivity contribution in [2.45, 2.75) is 36.5 Å². The van der Waals surface area contributed by atoms with Gasteiger partial charge in [-0.05, 0) is 44.1 Å². The van der Waals surface area contributed by atoms with Gasteiger partial charge in [0.1, 0.15) is 6.10 Å². The van der Waals surface area contributed by atoms with Crippen LogP contribution in [0.25, 0.3) is 0 Å². The first kappa shape index (κ1) is 17.3. The molecule has 1 aromatic rings. The summed E-state index contributed by atoms with van der Waals surface area (Å²) in [6, 6.07) is 3.90. The van der Waals surface area contributed by atoms with E-state index >= 15 is 0 Å². The van der Waals surface area contributed by atoms with E-state index in [1.54, 1.807) is 12.1 Å². The van der Waals surface area contributed by atoms with E-state index in [4.69, 9.17) is 9.47 Å². The third-order valence-corrected chi connectivity index (χ3v) is 6.69. The van der Waals surface area contributed by atoms with Gasteiger partial charge in [-0.1, -0.05) is 12.1 Å². The number of benzene rings is 1. The molecule has 5 rings (SSSR count). The van der Waals surface area contributed by atoms with Crippen LogP contribution in [0.5, 0.6) is 11.5 Å². The van der Waals surface area contributed by atoms with Crippen molar-refractivity contribution in [2.75, 3.05) is 20.2 Å². The Kier molecular flexibility index (Phi) is 3.61. The summed E-state index contributed by atoms with van der Waals surface area (Å²) in [7, 11) is 2.11. The lowest BCUT2D eigenvalue weighted by Crippen LogP contribution is -2.65. The van der Waals surface area contributed by atoms with Crippen LogP contribution in [-0.4, -0.2) is 59.5 Å². The van der Waals surface area contributed by atoms with E-state index < -0.39 is 29.9 Å². The van der Waals surface area contributed by atoms with Crippen LogP contribution in [0.4, 0.5) is 0 Å². The third-order valence-electron chi connectivity index (χ3n) is 6.69. The number of likely N-dealkylation sites (N-methyl/N-ethyl adjacent to an activating group) is 1. The van der Waals surface area contributed by atoms with E-state index in [9.17, 15) is 20.0 Å². The number of aromatic hydroxyl groups is 1. The standard InChI is InChI=1S/C19H20N2O7/c1-20-7-6-19-11-3-5-14(27-15(23)9-26-21(24)25)18(19)28-17-13(22)4-2-10(16(17)19)8-12(11)20/h2-5,11-12,14,18,22H,6-9H2,1H3/t11?,12-,14+,18+,19+/m1/s1. The van der Waals surface area contributed by atoms with E-state index in [0.717, 1.165) is 30.5 Å². The maximum Gasteiger partial charge on any atom is 0.332 e. The molecule has 1 spiro atoms. The molecular weight excluding hydrogens is 368 g/mol. The molecular formula is C19H20N2O7. The molecule has 1 saturated heterocycles. The Morgan fingerprint density at radius 2 is 2.29 bits per heavy atom. The Morgan fingerprint density at radius 1 is 1.46 bits per heavy atom. The number of carbonyl (C=O) groups is 1. The van der Waals surface area contributed by atoms with Gasteiger partial charge >= 0.3 is 5.97 Å². The van der Waals surface area contributed by atoms with Crippen LogP contribution in [0.3, 0.4) is 0 Å². The topological polar surface area (TPSA) is 111 Å². The van der Waals surface area contributed by atoms with Gasteiger partial charge < -0.3 is 24.3 Å². The molecule has 9 heteroatoms. The van der Waals surface area contributed by atoms with Crippen LogP contribution in [0.1, 0.15) is 17.5 Å². The normalized spacial score (nSPS) is 34.3. The largest absolute Gasteiger partial charge is 0.504 e. The minimum Gasteiger partial charge on any atom is -0.504 e. The summed E-state index contributed by atoms with van der Waals surface area (Å²) in [5.41, 5.74) is 1.79. The minimum absolute atomic E-state index is 0.0837. The van der Waals surface area contributed by atoms with Crippen molar-refractivity contribution in [3.63, 3.8) is 0 Å². The van der Waals surface area contributed by atoms with Crippen molar-refractivity contribution in [1.29, 1.82) is 0 Å². The van der Waals surface area contributed by atoms with E-state index in [0.29, 0.717) is 11.8 Å². The highest BCUT2D eigenvalue weighted by atomic mass is 17.0. The molecule has 0 amide bonds. The first-order valence-electron chi connectivity index (χ1n) is 9.29. The number of ether oxygens (including phenoxy) is 2. The molecule has 5 atom stereocenters. The average Bonchev–Trinajstić information content (AvgIpc) is 3.01. The summed E-state index contributed by atoms with van der Waals surface area (Å²) in [5, 5.41) is 19.7. The fourth-order valence-electron chi connectivity index (χ4n) is 5.61. The quantitative estimate of drug-likeness (QED) is 0.351. The maximum absolute atomic E-state index is 12.0. The van der Waals surface area contributed by atoms with Crippen LogP contribution in [-0.2, 0) is 26.2 Å². The predicted molar refractivity (Wildman–Crippen MR) is 94.4 cm³/mol. The zero-order valence-corrected chi connectivity index (χ0v) is 15.2. The number of hydrogen-bond donors (Lipinski definition) is 1. The highest BCUT2D eigenvalue weighted by Crippen LogP contribution is 2.62. The minimum atomic E-state index is -1.03. The molecule has 148 valence electrons. The van der Waals surface area contributed by atoms with Crippen molar-refractivity contribution in [3.05, 3.63) is 45.5 Å². The summed E-state index contributed by atoms with van der Waals surface area (Å²) in [6.45, 7) is 0.101. The smallest absolute Gasteiger partial charge is 0.332 e. The van der Waals surface area contributed by atoms with Gasteiger partial charge in [0.2, 0.25) is 0 Å². The molecule has 2 bridgehead atoms. The average molecular weight is 388 g/mol. The Hall–Kier alpha value is -2.81. The molecule has 2 aliphatic carbocycles. The molecule has 0 radical (unpaired) electrons. The molecule has 1 aromatic carbocycles. The SMILES string of the molecule is CN1CC[C@]23c4c5ccc(O)c4O[C@H]2[C@@H](OC(=O)CO[N+](=O)[O-])C=CC3[C@H]1C5. The molecule has 2 heterocycles. The summed E-state index contributed by atoms with van der Waals surface area (Å²) in [4.78, 5) is 28.8. The monoisotopic (exact) mass is 388 g/mol. The summed E-state index contributed by atoms with van der Waals surface area (Å²) in [6.07, 6.45) is 4.36. The number of nitrogens with zero attached hydrogens (tertiary/aromatic N) is 2. The molecule has 28 heavy (non-hydrogen) atoms. The van der Waals surface area contributed by atoms with E-state index in [2.05, 4.69) is 22.9 Å². The first-order chi connectivity index (χ1) is 13.4. The van der Waals surface area contributed by atoms with Crippen molar-refractivity contribution >= 4 is 5.97 Å². The lowest BCUT2D eigenvalue weighted by Gasteiger charge is -2.56. The number of phenolic OH excluding ortho intramolecular Hbond substituents is 1. The van der Waals surface area contributed by atoms with Crippen LogP contribution in [0, 0.1) is 16.0 Å². The molecule has 9 nitrogen and oxygen atoms in total. The molecule has 2 aliphatic heterocycles. The summed E-state index contributed by atoms with van der Waals surface area (Å²) >= 11 is 0. The Labute approximate surface area is 160 Å². The molecule has 1 fully saturated rings. The second-order valence-electron chi connectivity index (χ2n) is 7.89. The van der Waals surface area contributed by atoms with Crippen molar-refractivity contribution in [3.8, 4) is 11.5 Å². The van der Waals surface area contributed by atoms with Gasteiger partial charge in [0.25, 0.3) is 5.09 Å². The van der Waals surface area contributed by atoms with E-state index in [1.165, 1.54) is 0 Å².